The first-order valence-electron chi connectivity index (χ1n) is 7.84. The van der Waals surface area contributed by atoms with E-state index >= 15 is 0 Å². The van der Waals surface area contributed by atoms with E-state index in [0.717, 1.165) is 15.6 Å². The van der Waals surface area contributed by atoms with Crippen LogP contribution in [0, 0.1) is 5.82 Å². The van der Waals surface area contributed by atoms with Crippen molar-refractivity contribution in [2.75, 3.05) is 12.1 Å². The first-order chi connectivity index (χ1) is 13.0. The maximum atomic E-state index is 13.5. The number of fused-ring (bicyclic) bond motifs is 1. The van der Waals surface area contributed by atoms with Crippen LogP contribution < -0.4 is 14.8 Å². The molecule has 0 aliphatic carbocycles. The molecule has 0 atom stereocenters. The average Bonchev–Trinajstić information content (AvgIpc) is 3.11. The lowest BCUT2D eigenvalue weighted by Crippen LogP contribution is -2.13. The zero-order valence-corrected chi connectivity index (χ0v) is 16.0. The second kappa shape index (κ2) is 7.17. The zero-order chi connectivity index (χ0) is 19.0. The quantitative estimate of drug-likeness (QED) is 0.591. The molecule has 1 amide bonds. The molecule has 2 heterocycles. The van der Waals surface area contributed by atoms with E-state index in [1.54, 1.807) is 18.3 Å². The van der Waals surface area contributed by atoms with Gasteiger partial charge in [0.25, 0.3) is 5.91 Å². The van der Waals surface area contributed by atoms with Crippen LogP contribution in [0.4, 0.5) is 10.2 Å². The monoisotopic (exact) mass is 448 g/mol. The van der Waals surface area contributed by atoms with Crippen LogP contribution in [0.5, 0.6) is 11.5 Å². The van der Waals surface area contributed by atoms with Crippen molar-refractivity contribution in [2.24, 2.45) is 0 Å². The lowest BCUT2D eigenvalue weighted by atomic mass is 10.1. The summed E-state index contributed by atoms with van der Waals surface area (Å²) in [5, 5.41) is 2.38. The van der Waals surface area contributed by atoms with Gasteiger partial charge in [-0.3, -0.25) is 4.79 Å². The topological polar surface area (TPSA) is 60.5 Å². The Morgan fingerprint density at radius 3 is 2.70 bits per heavy atom. The van der Waals surface area contributed by atoms with Crippen molar-refractivity contribution in [3.8, 4) is 22.6 Å². The van der Waals surface area contributed by atoms with Gasteiger partial charge in [0, 0.05) is 21.8 Å². The van der Waals surface area contributed by atoms with E-state index in [9.17, 15) is 9.18 Å². The van der Waals surface area contributed by atoms with E-state index in [0.29, 0.717) is 17.3 Å². The van der Waals surface area contributed by atoms with Crippen LogP contribution in [0.2, 0.25) is 5.02 Å². The van der Waals surface area contributed by atoms with E-state index in [1.807, 2.05) is 12.1 Å². The first kappa shape index (κ1) is 17.8. The Morgan fingerprint density at radius 1 is 1.19 bits per heavy atom. The van der Waals surface area contributed by atoms with Crippen molar-refractivity contribution in [3.05, 3.63) is 69.5 Å². The Hall–Kier alpha value is -2.64. The molecular formula is C19H11BrClFN2O3. The Balaban J connectivity index is 1.56. The number of anilines is 1. The van der Waals surface area contributed by atoms with Crippen molar-refractivity contribution >= 4 is 39.3 Å². The fraction of sp³-hybridized carbons (Fsp3) is 0.0526. The van der Waals surface area contributed by atoms with Gasteiger partial charge in [-0.2, -0.15) is 0 Å². The van der Waals surface area contributed by atoms with Crippen LogP contribution in [-0.4, -0.2) is 17.7 Å². The van der Waals surface area contributed by atoms with Gasteiger partial charge in [-0.15, -0.1) is 0 Å². The molecule has 2 aromatic carbocycles. The van der Waals surface area contributed by atoms with Gasteiger partial charge in [-0.25, -0.2) is 9.37 Å². The number of aromatic nitrogens is 1. The molecule has 4 rings (SSSR count). The molecule has 136 valence electrons. The number of benzene rings is 2. The highest BCUT2D eigenvalue weighted by molar-refractivity contribution is 9.10. The molecule has 0 radical (unpaired) electrons. The number of ether oxygens (including phenoxy) is 2. The van der Waals surface area contributed by atoms with Crippen LogP contribution in [0.15, 0.2) is 53.1 Å². The number of halogens is 3. The predicted octanol–water partition coefficient (Wildman–Crippen LogP) is 5.28. The molecule has 3 aromatic rings. The van der Waals surface area contributed by atoms with Crippen LogP contribution >= 0.6 is 27.5 Å². The number of rotatable bonds is 3. The molecule has 0 saturated heterocycles. The standard InChI is InChI=1S/C19H11BrClFN2O3/c20-13-7-16-15(26-9-27-16)6-12(13)10-4-5-17(23-8-10)24-19(25)11-2-1-3-14(22)18(11)21/h1-8H,9H2,(H,23,24,25). The molecular weight excluding hydrogens is 439 g/mol. The Morgan fingerprint density at radius 2 is 1.96 bits per heavy atom. The van der Waals surface area contributed by atoms with Crippen molar-refractivity contribution in [3.63, 3.8) is 0 Å². The molecule has 0 fully saturated rings. The molecule has 0 bridgehead atoms. The summed E-state index contributed by atoms with van der Waals surface area (Å²) in [7, 11) is 0. The van der Waals surface area contributed by atoms with Gasteiger partial charge in [-0.1, -0.05) is 33.6 Å². The fourth-order valence-corrected chi connectivity index (χ4v) is 3.39. The number of nitrogens with one attached hydrogen (secondary N) is 1. The van der Waals surface area contributed by atoms with Crippen LogP contribution in [0.1, 0.15) is 10.4 Å². The molecule has 0 spiro atoms. The van der Waals surface area contributed by atoms with Gasteiger partial charge in [-0.05, 0) is 36.4 Å². The molecule has 0 unspecified atom stereocenters. The Labute approximate surface area is 167 Å². The average molecular weight is 450 g/mol. The van der Waals surface area contributed by atoms with Crippen LogP contribution in [0.3, 0.4) is 0 Å². The third-order valence-electron chi connectivity index (χ3n) is 3.97. The molecule has 5 nitrogen and oxygen atoms in total. The third-order valence-corrected chi connectivity index (χ3v) is 5.01. The highest BCUT2D eigenvalue weighted by Crippen LogP contribution is 2.41. The number of hydrogen-bond donors (Lipinski definition) is 1. The summed E-state index contributed by atoms with van der Waals surface area (Å²) < 4.78 is 25.1. The number of amides is 1. The van der Waals surface area contributed by atoms with Crippen LogP contribution in [0.25, 0.3) is 11.1 Å². The predicted molar refractivity (Wildman–Crippen MR) is 103 cm³/mol. The molecule has 1 N–H and O–H groups in total. The Kier molecular flexibility index (Phi) is 4.72. The molecule has 8 heteroatoms. The maximum absolute atomic E-state index is 13.5. The lowest BCUT2D eigenvalue weighted by Gasteiger charge is -2.09. The highest BCUT2D eigenvalue weighted by atomic mass is 79.9. The van der Waals surface area contributed by atoms with Crippen molar-refractivity contribution < 1.29 is 18.7 Å². The van der Waals surface area contributed by atoms with Gasteiger partial charge >= 0.3 is 0 Å². The second-order valence-corrected chi connectivity index (χ2v) is 6.91. The summed E-state index contributed by atoms with van der Waals surface area (Å²) in [5.74, 6) is 0.464. The minimum atomic E-state index is -0.653. The van der Waals surface area contributed by atoms with E-state index in [1.165, 1.54) is 18.2 Å². The maximum Gasteiger partial charge on any atom is 0.258 e. The summed E-state index contributed by atoms with van der Waals surface area (Å²) in [6.45, 7) is 0.192. The first-order valence-corrected chi connectivity index (χ1v) is 9.01. The molecule has 1 aromatic heterocycles. The van der Waals surface area contributed by atoms with Crippen molar-refractivity contribution in [1.29, 1.82) is 0 Å². The van der Waals surface area contributed by atoms with Gasteiger partial charge in [0.1, 0.15) is 11.6 Å². The fourth-order valence-electron chi connectivity index (χ4n) is 2.63. The minimum Gasteiger partial charge on any atom is -0.454 e. The molecule has 1 aliphatic heterocycles. The highest BCUT2D eigenvalue weighted by Gasteiger charge is 2.18. The van der Waals surface area contributed by atoms with Gasteiger partial charge < -0.3 is 14.8 Å². The summed E-state index contributed by atoms with van der Waals surface area (Å²) in [6.07, 6.45) is 1.62. The van der Waals surface area contributed by atoms with Gasteiger partial charge in [0.2, 0.25) is 6.79 Å². The molecule has 1 aliphatic rings. The third kappa shape index (κ3) is 3.48. The second-order valence-electron chi connectivity index (χ2n) is 5.67. The smallest absolute Gasteiger partial charge is 0.258 e. The number of pyridine rings is 1. The largest absolute Gasteiger partial charge is 0.454 e. The number of hydrogen-bond acceptors (Lipinski definition) is 4. The van der Waals surface area contributed by atoms with E-state index in [4.69, 9.17) is 21.1 Å². The van der Waals surface area contributed by atoms with Crippen molar-refractivity contribution in [1.82, 2.24) is 4.98 Å². The summed E-state index contributed by atoms with van der Waals surface area (Å²) >= 11 is 9.35. The van der Waals surface area contributed by atoms with E-state index < -0.39 is 11.7 Å². The lowest BCUT2D eigenvalue weighted by molar-refractivity contribution is 0.102. The zero-order valence-electron chi connectivity index (χ0n) is 13.6. The SMILES string of the molecule is O=C(Nc1ccc(-c2cc3c(cc2Br)OCO3)cn1)c1cccc(F)c1Cl. The van der Waals surface area contributed by atoms with Gasteiger partial charge in [0.15, 0.2) is 11.5 Å². The number of carbonyl (C=O) groups is 1. The summed E-state index contributed by atoms with van der Waals surface area (Å²) in [4.78, 5) is 16.5. The normalized spacial score (nSPS) is 12.1. The number of carbonyl (C=O) groups excluding carboxylic acids is 1. The van der Waals surface area contributed by atoms with E-state index in [2.05, 4.69) is 26.2 Å². The van der Waals surface area contributed by atoms with Crippen LogP contribution in [-0.2, 0) is 0 Å². The minimum absolute atomic E-state index is 0.0426. The number of nitrogens with zero attached hydrogens (tertiary/aromatic N) is 1. The Bertz CT molecular complexity index is 1040. The van der Waals surface area contributed by atoms with E-state index in [-0.39, 0.29) is 17.4 Å². The van der Waals surface area contributed by atoms with Gasteiger partial charge in [0.05, 0.1) is 10.6 Å². The van der Waals surface area contributed by atoms with Crippen molar-refractivity contribution in [2.45, 2.75) is 0 Å². The molecule has 27 heavy (non-hydrogen) atoms. The summed E-state index contributed by atoms with van der Waals surface area (Å²) in [6, 6.07) is 11.2. The molecule has 0 saturated carbocycles. The summed E-state index contributed by atoms with van der Waals surface area (Å²) in [5.41, 5.74) is 1.74.